The molecule has 2 aromatic carbocycles. The van der Waals surface area contributed by atoms with E-state index < -0.39 is 0 Å². The van der Waals surface area contributed by atoms with Gasteiger partial charge in [0.25, 0.3) is 5.56 Å². The minimum Gasteiger partial charge on any atom is -0.497 e. The van der Waals surface area contributed by atoms with Gasteiger partial charge >= 0.3 is 0 Å². The van der Waals surface area contributed by atoms with Crippen molar-refractivity contribution in [2.24, 2.45) is 7.05 Å². The molecule has 0 spiro atoms. The highest BCUT2D eigenvalue weighted by molar-refractivity contribution is 6.09. The number of aryl methyl sites for hydroxylation is 1. The molecule has 6 heteroatoms. The van der Waals surface area contributed by atoms with E-state index in [-0.39, 0.29) is 17.9 Å². The number of aromatic nitrogens is 3. The topological polar surface area (TPSA) is 66.1 Å². The lowest BCUT2D eigenvalue weighted by Gasteiger charge is -2.08. The fourth-order valence-corrected chi connectivity index (χ4v) is 3.59. The molecule has 0 amide bonds. The third-order valence-corrected chi connectivity index (χ3v) is 5.20. The average molecular weight is 387 g/mol. The fourth-order valence-electron chi connectivity index (χ4n) is 3.59. The molecule has 146 valence electrons. The number of rotatable bonds is 5. The van der Waals surface area contributed by atoms with Crippen molar-refractivity contribution in [3.8, 4) is 17.0 Å². The molecule has 0 saturated carbocycles. The SMILES string of the molecule is COc1cccc(-c2ccc(=O)n(CC(=O)c3c(C)n(C)c4ccccc34)n2)c1. The molecule has 0 aliphatic rings. The Bertz CT molecular complexity index is 1280. The van der Waals surface area contributed by atoms with Crippen LogP contribution in [0.25, 0.3) is 22.2 Å². The van der Waals surface area contributed by atoms with Gasteiger partial charge in [-0.1, -0.05) is 30.3 Å². The van der Waals surface area contributed by atoms with Crippen molar-refractivity contribution in [1.29, 1.82) is 0 Å². The number of hydrogen-bond acceptors (Lipinski definition) is 4. The van der Waals surface area contributed by atoms with Crippen molar-refractivity contribution in [2.75, 3.05) is 7.11 Å². The van der Waals surface area contributed by atoms with E-state index in [1.54, 1.807) is 13.2 Å². The number of ether oxygens (including phenoxy) is 1. The normalized spacial score (nSPS) is 11.0. The Balaban J connectivity index is 1.73. The van der Waals surface area contributed by atoms with Crippen molar-refractivity contribution >= 4 is 16.7 Å². The van der Waals surface area contributed by atoms with Crippen molar-refractivity contribution < 1.29 is 9.53 Å². The first kappa shape index (κ1) is 18.7. The predicted molar refractivity (Wildman–Crippen MR) is 112 cm³/mol. The van der Waals surface area contributed by atoms with Crippen LogP contribution in [0.4, 0.5) is 0 Å². The van der Waals surface area contributed by atoms with Crippen LogP contribution in [0.15, 0.2) is 65.5 Å². The Kier molecular flexibility index (Phi) is 4.76. The zero-order chi connectivity index (χ0) is 20.5. The monoisotopic (exact) mass is 387 g/mol. The van der Waals surface area contributed by atoms with Gasteiger partial charge in [0.2, 0.25) is 0 Å². The lowest BCUT2D eigenvalue weighted by atomic mass is 10.1. The fraction of sp³-hybridized carbons (Fsp3) is 0.174. The van der Waals surface area contributed by atoms with Gasteiger partial charge in [0.1, 0.15) is 12.3 Å². The number of carbonyl (C=O) groups excluding carboxylic acids is 1. The summed E-state index contributed by atoms with van der Waals surface area (Å²) in [5, 5.41) is 5.30. The van der Waals surface area contributed by atoms with E-state index in [0.29, 0.717) is 17.0 Å². The van der Waals surface area contributed by atoms with Crippen LogP contribution < -0.4 is 10.3 Å². The first-order chi connectivity index (χ1) is 14.0. The van der Waals surface area contributed by atoms with Crippen molar-refractivity contribution in [3.63, 3.8) is 0 Å². The Morgan fingerprint density at radius 2 is 1.86 bits per heavy atom. The van der Waals surface area contributed by atoms with Gasteiger partial charge in [0.05, 0.1) is 12.8 Å². The Morgan fingerprint density at radius 1 is 1.07 bits per heavy atom. The third kappa shape index (κ3) is 3.33. The van der Waals surface area contributed by atoms with Crippen LogP contribution in [-0.4, -0.2) is 27.2 Å². The smallest absolute Gasteiger partial charge is 0.267 e. The van der Waals surface area contributed by atoms with E-state index in [4.69, 9.17) is 4.74 Å². The molecule has 0 radical (unpaired) electrons. The van der Waals surface area contributed by atoms with Crippen LogP contribution in [0.5, 0.6) is 5.75 Å². The molecular formula is C23H21N3O3. The minimum absolute atomic E-state index is 0.120. The van der Waals surface area contributed by atoms with Crippen LogP contribution >= 0.6 is 0 Å². The molecule has 0 fully saturated rings. The quantitative estimate of drug-likeness (QED) is 0.491. The largest absolute Gasteiger partial charge is 0.497 e. The molecular weight excluding hydrogens is 366 g/mol. The van der Waals surface area contributed by atoms with E-state index in [0.717, 1.165) is 22.2 Å². The van der Waals surface area contributed by atoms with Gasteiger partial charge in [-0.25, -0.2) is 4.68 Å². The maximum Gasteiger partial charge on any atom is 0.267 e. The zero-order valence-electron chi connectivity index (χ0n) is 16.5. The summed E-state index contributed by atoms with van der Waals surface area (Å²) in [4.78, 5) is 25.5. The van der Waals surface area contributed by atoms with Crippen LogP contribution in [0.1, 0.15) is 16.1 Å². The van der Waals surface area contributed by atoms with E-state index in [1.807, 2.05) is 67.1 Å². The Morgan fingerprint density at radius 3 is 2.66 bits per heavy atom. The van der Waals surface area contributed by atoms with Gasteiger partial charge in [0, 0.05) is 40.8 Å². The first-order valence-electron chi connectivity index (χ1n) is 9.29. The molecule has 0 unspecified atom stereocenters. The minimum atomic E-state index is -0.317. The van der Waals surface area contributed by atoms with Crippen LogP contribution in [0.3, 0.4) is 0 Å². The van der Waals surface area contributed by atoms with Crippen LogP contribution in [0, 0.1) is 6.92 Å². The summed E-state index contributed by atoms with van der Waals surface area (Å²) in [5.41, 5.74) is 3.58. The number of ketones is 1. The van der Waals surface area contributed by atoms with Gasteiger partial charge in [-0.2, -0.15) is 5.10 Å². The molecule has 0 saturated heterocycles. The zero-order valence-corrected chi connectivity index (χ0v) is 16.5. The summed E-state index contributed by atoms with van der Waals surface area (Å²) in [6, 6.07) is 18.3. The number of benzene rings is 2. The standard InChI is InChI=1S/C23H21N3O3/c1-15-23(18-9-4-5-10-20(18)25(15)2)21(27)14-26-22(28)12-11-19(24-26)16-7-6-8-17(13-16)29-3/h4-13H,14H2,1-3H3. The molecule has 0 bridgehead atoms. The lowest BCUT2D eigenvalue weighted by Crippen LogP contribution is -2.26. The van der Waals surface area contributed by atoms with Gasteiger partial charge in [0.15, 0.2) is 5.78 Å². The van der Waals surface area contributed by atoms with E-state index in [9.17, 15) is 9.59 Å². The average Bonchev–Trinajstić information content (AvgIpc) is 3.00. The maximum absolute atomic E-state index is 13.1. The molecule has 6 nitrogen and oxygen atoms in total. The van der Waals surface area contributed by atoms with Gasteiger partial charge in [-0.3, -0.25) is 9.59 Å². The van der Waals surface area contributed by atoms with Crippen molar-refractivity contribution in [1.82, 2.24) is 14.3 Å². The molecule has 0 atom stereocenters. The summed E-state index contributed by atoms with van der Waals surface area (Å²) >= 11 is 0. The number of fused-ring (bicyclic) bond motifs is 1. The highest BCUT2D eigenvalue weighted by Crippen LogP contribution is 2.25. The second-order valence-corrected chi connectivity index (χ2v) is 6.91. The van der Waals surface area contributed by atoms with E-state index in [1.165, 1.54) is 10.7 Å². The highest BCUT2D eigenvalue weighted by Gasteiger charge is 2.19. The Hall–Kier alpha value is -3.67. The second-order valence-electron chi connectivity index (χ2n) is 6.91. The molecule has 0 N–H and O–H groups in total. The summed E-state index contributed by atoms with van der Waals surface area (Å²) < 4.78 is 8.47. The molecule has 0 aliphatic heterocycles. The molecule has 29 heavy (non-hydrogen) atoms. The number of para-hydroxylation sites is 1. The van der Waals surface area contributed by atoms with Crippen molar-refractivity contribution in [3.05, 3.63) is 82.3 Å². The summed E-state index contributed by atoms with van der Waals surface area (Å²) in [6.45, 7) is 1.79. The molecule has 4 rings (SSSR count). The summed E-state index contributed by atoms with van der Waals surface area (Å²) in [6.07, 6.45) is 0. The van der Waals surface area contributed by atoms with E-state index >= 15 is 0 Å². The second kappa shape index (κ2) is 7.39. The number of nitrogens with zero attached hydrogens (tertiary/aromatic N) is 3. The van der Waals surface area contributed by atoms with Crippen LogP contribution in [0.2, 0.25) is 0 Å². The molecule has 0 aliphatic carbocycles. The highest BCUT2D eigenvalue weighted by atomic mass is 16.5. The summed E-state index contributed by atoms with van der Waals surface area (Å²) in [5.74, 6) is 0.557. The van der Waals surface area contributed by atoms with Gasteiger partial charge in [-0.15, -0.1) is 0 Å². The van der Waals surface area contributed by atoms with Gasteiger partial charge in [-0.05, 0) is 31.2 Å². The van der Waals surface area contributed by atoms with E-state index in [2.05, 4.69) is 5.10 Å². The number of hydrogen-bond donors (Lipinski definition) is 0. The number of Topliss-reactive ketones (excluding diaryl/α,β-unsaturated/α-hetero) is 1. The maximum atomic E-state index is 13.1. The van der Waals surface area contributed by atoms with Gasteiger partial charge < -0.3 is 9.30 Å². The number of methoxy groups -OCH3 is 1. The molecule has 4 aromatic rings. The van der Waals surface area contributed by atoms with Crippen molar-refractivity contribution in [2.45, 2.75) is 13.5 Å². The molecule has 2 aromatic heterocycles. The Labute approximate surface area is 168 Å². The predicted octanol–water partition coefficient (Wildman–Crippen LogP) is 3.60. The number of carbonyl (C=O) groups is 1. The summed E-state index contributed by atoms with van der Waals surface area (Å²) in [7, 11) is 3.53. The van der Waals surface area contributed by atoms with Crippen LogP contribution in [-0.2, 0) is 13.6 Å². The lowest BCUT2D eigenvalue weighted by molar-refractivity contribution is 0.0966. The third-order valence-electron chi connectivity index (χ3n) is 5.20. The molecule has 2 heterocycles. The first-order valence-corrected chi connectivity index (χ1v) is 9.29.